The number of aromatic nitrogens is 2. The molecule has 0 spiro atoms. The molecule has 7 heteroatoms. The molecule has 1 atom stereocenters. The maximum absolute atomic E-state index is 12.0. The van der Waals surface area contributed by atoms with Gasteiger partial charge in [0.1, 0.15) is 0 Å². The van der Waals surface area contributed by atoms with Crippen molar-refractivity contribution < 1.29 is 8.42 Å². The summed E-state index contributed by atoms with van der Waals surface area (Å²) in [6.45, 7) is 1.96. The quantitative estimate of drug-likeness (QED) is 0.913. The van der Waals surface area contributed by atoms with Crippen molar-refractivity contribution in [3.63, 3.8) is 0 Å². The van der Waals surface area contributed by atoms with Gasteiger partial charge >= 0.3 is 0 Å². The maximum Gasteiger partial charge on any atom is 0.242 e. The summed E-state index contributed by atoms with van der Waals surface area (Å²) in [6, 6.07) is 8.51. The van der Waals surface area contributed by atoms with Crippen LogP contribution in [0.5, 0.6) is 0 Å². The van der Waals surface area contributed by atoms with Crippen molar-refractivity contribution >= 4 is 16.0 Å². The molecule has 0 unspecified atom stereocenters. The summed E-state index contributed by atoms with van der Waals surface area (Å²) in [5.74, 6) is 0.537. The summed E-state index contributed by atoms with van der Waals surface area (Å²) in [7, 11) is -0.362. The van der Waals surface area contributed by atoms with Crippen molar-refractivity contribution in [1.29, 1.82) is 0 Å². The summed E-state index contributed by atoms with van der Waals surface area (Å²) < 4.78 is 25.2. The first-order valence-electron chi connectivity index (χ1n) is 6.47. The Bertz CT molecular complexity index is 685. The highest BCUT2D eigenvalue weighted by Gasteiger charge is 2.17. The summed E-state index contributed by atoms with van der Waals surface area (Å²) in [6.07, 6.45) is 3.32. The summed E-state index contributed by atoms with van der Waals surface area (Å²) >= 11 is 0. The van der Waals surface area contributed by atoms with Crippen molar-refractivity contribution in [1.82, 2.24) is 14.3 Å². The van der Waals surface area contributed by atoms with E-state index in [0.717, 1.165) is 5.56 Å². The minimum absolute atomic E-state index is 0.0245. The third kappa shape index (κ3) is 3.56. The van der Waals surface area contributed by atoms with Crippen molar-refractivity contribution in [3.05, 3.63) is 48.3 Å². The molecule has 0 saturated carbocycles. The van der Waals surface area contributed by atoms with Crippen LogP contribution in [0.3, 0.4) is 0 Å². The number of nitrogens with one attached hydrogen (secondary N) is 1. The molecule has 0 fully saturated rings. The van der Waals surface area contributed by atoms with E-state index in [-0.39, 0.29) is 10.9 Å². The van der Waals surface area contributed by atoms with Crippen LogP contribution in [0, 0.1) is 0 Å². The Hall–Kier alpha value is -1.99. The minimum atomic E-state index is -3.39. The molecular formula is C14H18N4O2S. The number of anilines is 1. The highest BCUT2D eigenvalue weighted by molar-refractivity contribution is 7.89. The number of benzene rings is 1. The van der Waals surface area contributed by atoms with E-state index in [9.17, 15) is 8.42 Å². The van der Waals surface area contributed by atoms with Gasteiger partial charge in [-0.2, -0.15) is 0 Å². The molecule has 0 saturated heterocycles. The third-order valence-corrected chi connectivity index (χ3v) is 4.90. The standard InChI is InChI=1S/C14H18N4O2S/c1-11(17-14-15-9-4-10-16-14)12-5-7-13(8-6-12)21(19,20)18(2)3/h4-11H,1-3H3,(H,15,16,17)/t11-/m1/s1. The number of hydrogen-bond donors (Lipinski definition) is 1. The second kappa shape index (κ2) is 6.19. The van der Waals surface area contributed by atoms with E-state index >= 15 is 0 Å². The number of sulfonamides is 1. The lowest BCUT2D eigenvalue weighted by molar-refractivity contribution is 0.520. The van der Waals surface area contributed by atoms with E-state index in [1.807, 2.05) is 6.92 Å². The topological polar surface area (TPSA) is 75.2 Å². The van der Waals surface area contributed by atoms with Crippen LogP contribution in [0.15, 0.2) is 47.6 Å². The van der Waals surface area contributed by atoms with Gasteiger partial charge in [-0.1, -0.05) is 12.1 Å². The Kier molecular flexibility index (Phi) is 4.54. The predicted octanol–water partition coefficient (Wildman–Crippen LogP) is 1.90. The second-order valence-electron chi connectivity index (χ2n) is 4.79. The Morgan fingerprint density at radius 1 is 1.10 bits per heavy atom. The van der Waals surface area contributed by atoms with Crippen molar-refractivity contribution in [2.24, 2.45) is 0 Å². The molecule has 0 radical (unpaired) electrons. The molecule has 21 heavy (non-hydrogen) atoms. The van der Waals surface area contributed by atoms with Gasteiger partial charge in [0, 0.05) is 26.5 Å². The van der Waals surface area contributed by atoms with Crippen LogP contribution >= 0.6 is 0 Å². The lowest BCUT2D eigenvalue weighted by Crippen LogP contribution is -2.22. The van der Waals surface area contributed by atoms with Crippen molar-refractivity contribution in [3.8, 4) is 0 Å². The Balaban J connectivity index is 2.16. The van der Waals surface area contributed by atoms with Crippen LogP contribution in [0.2, 0.25) is 0 Å². The number of nitrogens with zero attached hydrogens (tertiary/aromatic N) is 3. The summed E-state index contributed by atoms with van der Waals surface area (Å²) in [4.78, 5) is 8.48. The molecule has 2 aromatic rings. The van der Waals surface area contributed by atoms with Gasteiger partial charge in [-0.25, -0.2) is 22.7 Å². The third-order valence-electron chi connectivity index (χ3n) is 3.07. The van der Waals surface area contributed by atoms with Gasteiger partial charge in [-0.15, -0.1) is 0 Å². The molecule has 1 aromatic heterocycles. The molecule has 1 N–H and O–H groups in total. The van der Waals surface area contributed by atoms with Gasteiger partial charge in [0.15, 0.2) is 0 Å². The van der Waals surface area contributed by atoms with E-state index in [1.165, 1.54) is 18.4 Å². The summed E-state index contributed by atoms with van der Waals surface area (Å²) in [5, 5.41) is 3.16. The van der Waals surface area contributed by atoms with Crippen LogP contribution in [0.4, 0.5) is 5.95 Å². The predicted molar refractivity (Wildman–Crippen MR) is 81.4 cm³/mol. The molecule has 0 bridgehead atoms. The molecule has 112 valence electrons. The minimum Gasteiger partial charge on any atom is -0.348 e. The lowest BCUT2D eigenvalue weighted by Gasteiger charge is -2.15. The van der Waals surface area contributed by atoms with Gasteiger partial charge in [-0.3, -0.25) is 0 Å². The van der Waals surface area contributed by atoms with E-state index in [0.29, 0.717) is 5.95 Å². The van der Waals surface area contributed by atoms with Gasteiger partial charge in [0.25, 0.3) is 0 Å². The number of rotatable bonds is 5. The highest BCUT2D eigenvalue weighted by Crippen LogP contribution is 2.20. The van der Waals surface area contributed by atoms with Crippen LogP contribution in [-0.4, -0.2) is 36.8 Å². The van der Waals surface area contributed by atoms with Crippen molar-refractivity contribution in [2.45, 2.75) is 17.9 Å². The SMILES string of the molecule is C[C@@H](Nc1ncccn1)c1ccc(S(=O)(=O)N(C)C)cc1. The van der Waals surface area contributed by atoms with E-state index in [4.69, 9.17) is 0 Å². The fourth-order valence-corrected chi connectivity index (χ4v) is 2.69. The van der Waals surface area contributed by atoms with E-state index < -0.39 is 10.0 Å². The Morgan fingerprint density at radius 2 is 1.67 bits per heavy atom. The molecule has 1 aromatic carbocycles. The first kappa shape index (κ1) is 15.4. The molecule has 0 aliphatic heterocycles. The van der Waals surface area contributed by atoms with E-state index in [1.54, 1.807) is 42.7 Å². The van der Waals surface area contributed by atoms with Crippen LogP contribution in [0.1, 0.15) is 18.5 Å². The molecule has 0 amide bonds. The van der Waals surface area contributed by atoms with E-state index in [2.05, 4.69) is 15.3 Å². The Morgan fingerprint density at radius 3 is 2.19 bits per heavy atom. The normalized spacial score (nSPS) is 13.1. The zero-order valence-corrected chi connectivity index (χ0v) is 13.0. The zero-order chi connectivity index (χ0) is 15.5. The fraction of sp³-hybridized carbons (Fsp3) is 0.286. The van der Waals surface area contributed by atoms with Crippen LogP contribution in [-0.2, 0) is 10.0 Å². The van der Waals surface area contributed by atoms with Crippen molar-refractivity contribution in [2.75, 3.05) is 19.4 Å². The van der Waals surface area contributed by atoms with Gasteiger partial charge < -0.3 is 5.32 Å². The maximum atomic E-state index is 12.0. The largest absolute Gasteiger partial charge is 0.348 e. The molecule has 0 aliphatic carbocycles. The fourth-order valence-electron chi connectivity index (χ4n) is 1.79. The average Bonchev–Trinajstić information content (AvgIpc) is 2.48. The van der Waals surface area contributed by atoms with Crippen LogP contribution in [0.25, 0.3) is 0 Å². The highest BCUT2D eigenvalue weighted by atomic mass is 32.2. The molecular weight excluding hydrogens is 288 g/mol. The lowest BCUT2D eigenvalue weighted by atomic mass is 10.1. The first-order valence-corrected chi connectivity index (χ1v) is 7.91. The van der Waals surface area contributed by atoms with Gasteiger partial charge in [0.05, 0.1) is 10.9 Å². The second-order valence-corrected chi connectivity index (χ2v) is 6.95. The van der Waals surface area contributed by atoms with Gasteiger partial charge in [0.2, 0.25) is 16.0 Å². The monoisotopic (exact) mass is 306 g/mol. The first-order chi connectivity index (χ1) is 9.91. The number of hydrogen-bond acceptors (Lipinski definition) is 5. The van der Waals surface area contributed by atoms with Crippen LogP contribution < -0.4 is 5.32 Å². The molecule has 2 rings (SSSR count). The molecule has 1 heterocycles. The molecule has 6 nitrogen and oxygen atoms in total. The zero-order valence-electron chi connectivity index (χ0n) is 12.2. The van der Waals surface area contributed by atoms with Gasteiger partial charge in [-0.05, 0) is 30.7 Å². The Labute approximate surface area is 124 Å². The molecule has 0 aliphatic rings. The smallest absolute Gasteiger partial charge is 0.242 e. The summed E-state index contributed by atoms with van der Waals surface area (Å²) in [5.41, 5.74) is 0.958. The average molecular weight is 306 g/mol.